The summed E-state index contributed by atoms with van der Waals surface area (Å²) >= 11 is 3.38. The van der Waals surface area contributed by atoms with Crippen molar-refractivity contribution in [2.24, 2.45) is 17.6 Å². The number of halogens is 1. The lowest BCUT2D eigenvalue weighted by molar-refractivity contribution is 0.573. The number of rotatable bonds is 5. The molecule has 3 N–H and O–H groups in total. The van der Waals surface area contributed by atoms with Crippen molar-refractivity contribution in [1.29, 1.82) is 0 Å². The number of hydrogen-bond donors (Lipinski definition) is 2. The Kier molecular flexibility index (Phi) is 4.35. The zero-order chi connectivity index (χ0) is 14.2. The van der Waals surface area contributed by atoms with Gasteiger partial charge in [0.15, 0.2) is 0 Å². The molecule has 2 rings (SSSR count). The minimum Gasteiger partial charge on any atom is -0.326 e. The van der Waals surface area contributed by atoms with Gasteiger partial charge in [0.1, 0.15) is 0 Å². The van der Waals surface area contributed by atoms with Gasteiger partial charge in [-0.2, -0.15) is 0 Å². The quantitative estimate of drug-likeness (QED) is 0.857. The Balaban J connectivity index is 2.25. The lowest BCUT2D eigenvalue weighted by Gasteiger charge is -2.12. The zero-order valence-corrected chi connectivity index (χ0v) is 13.5. The van der Waals surface area contributed by atoms with Crippen molar-refractivity contribution in [3.63, 3.8) is 0 Å². The second kappa shape index (κ2) is 5.52. The van der Waals surface area contributed by atoms with Gasteiger partial charge >= 0.3 is 0 Å². The van der Waals surface area contributed by atoms with Gasteiger partial charge in [-0.3, -0.25) is 0 Å². The van der Waals surface area contributed by atoms with E-state index in [0.29, 0.717) is 35.4 Å². The Morgan fingerprint density at radius 1 is 1.47 bits per heavy atom. The summed E-state index contributed by atoms with van der Waals surface area (Å²) < 4.78 is 28.2. The Morgan fingerprint density at radius 2 is 2.11 bits per heavy atom. The predicted octanol–water partition coefficient (Wildman–Crippen LogP) is 2.15. The van der Waals surface area contributed by atoms with E-state index in [1.165, 1.54) is 0 Å². The topological polar surface area (TPSA) is 72.2 Å². The molecule has 2 unspecified atom stereocenters. The van der Waals surface area contributed by atoms with Crippen LogP contribution in [0.4, 0.5) is 0 Å². The van der Waals surface area contributed by atoms with E-state index < -0.39 is 10.0 Å². The fourth-order valence-electron chi connectivity index (χ4n) is 2.08. The third kappa shape index (κ3) is 3.37. The maximum absolute atomic E-state index is 12.3. The average molecular weight is 347 g/mol. The number of benzene rings is 1. The Labute approximate surface area is 122 Å². The van der Waals surface area contributed by atoms with Crippen molar-refractivity contribution in [1.82, 2.24) is 4.72 Å². The summed E-state index contributed by atoms with van der Waals surface area (Å²) in [5.74, 6) is 1.11. The van der Waals surface area contributed by atoms with Crippen LogP contribution in [-0.2, 0) is 16.6 Å². The van der Waals surface area contributed by atoms with Gasteiger partial charge < -0.3 is 5.73 Å². The van der Waals surface area contributed by atoms with Gasteiger partial charge in [0.05, 0.1) is 4.90 Å². The smallest absolute Gasteiger partial charge is 0.240 e. The summed E-state index contributed by atoms with van der Waals surface area (Å²) in [4.78, 5) is 0.315. The third-order valence-electron chi connectivity index (χ3n) is 3.69. The number of nitrogens with two attached hydrogens (primary N) is 1. The Morgan fingerprint density at radius 3 is 2.63 bits per heavy atom. The number of sulfonamides is 1. The van der Waals surface area contributed by atoms with E-state index in [1.54, 1.807) is 13.0 Å². The van der Waals surface area contributed by atoms with Gasteiger partial charge in [0.25, 0.3) is 0 Å². The molecule has 0 spiro atoms. The van der Waals surface area contributed by atoms with E-state index in [0.717, 1.165) is 16.5 Å². The fraction of sp³-hybridized carbons (Fsp3) is 0.538. The molecule has 1 saturated carbocycles. The van der Waals surface area contributed by atoms with Crippen LogP contribution in [0.3, 0.4) is 0 Å². The minimum absolute atomic E-state index is 0.315. The third-order valence-corrected chi connectivity index (χ3v) is 6.07. The van der Waals surface area contributed by atoms with E-state index >= 15 is 0 Å². The van der Waals surface area contributed by atoms with Crippen LogP contribution in [0, 0.1) is 18.8 Å². The number of hydrogen-bond acceptors (Lipinski definition) is 3. The van der Waals surface area contributed by atoms with Crippen LogP contribution < -0.4 is 10.5 Å². The first-order chi connectivity index (χ1) is 8.85. The highest BCUT2D eigenvalue weighted by Crippen LogP contribution is 2.37. The SMILES string of the molecule is Cc1c(Br)cc(CN)cc1S(=O)(=O)NCC1CC1C. The first-order valence-electron chi connectivity index (χ1n) is 6.34. The van der Waals surface area contributed by atoms with Crippen molar-refractivity contribution >= 4 is 26.0 Å². The molecule has 1 aromatic rings. The number of nitrogens with one attached hydrogen (secondary N) is 1. The second-order valence-electron chi connectivity index (χ2n) is 5.23. The molecule has 0 heterocycles. The molecule has 1 fully saturated rings. The summed E-state index contributed by atoms with van der Waals surface area (Å²) in [7, 11) is -3.46. The summed E-state index contributed by atoms with van der Waals surface area (Å²) in [5, 5.41) is 0. The summed E-state index contributed by atoms with van der Waals surface area (Å²) in [5.41, 5.74) is 7.11. The largest absolute Gasteiger partial charge is 0.326 e. The van der Waals surface area contributed by atoms with E-state index in [2.05, 4.69) is 27.6 Å². The Hall–Kier alpha value is -0.430. The summed E-state index contributed by atoms with van der Waals surface area (Å²) in [6, 6.07) is 3.51. The van der Waals surface area contributed by atoms with Crippen LogP contribution in [0.2, 0.25) is 0 Å². The lowest BCUT2D eigenvalue weighted by atomic mass is 10.1. The molecule has 0 amide bonds. The van der Waals surface area contributed by atoms with Gasteiger partial charge in [-0.1, -0.05) is 22.9 Å². The lowest BCUT2D eigenvalue weighted by Crippen LogP contribution is -2.27. The molecule has 19 heavy (non-hydrogen) atoms. The highest BCUT2D eigenvalue weighted by Gasteiger charge is 2.33. The molecule has 0 aromatic heterocycles. The first-order valence-corrected chi connectivity index (χ1v) is 8.61. The predicted molar refractivity (Wildman–Crippen MR) is 79.2 cm³/mol. The minimum atomic E-state index is -3.46. The molecule has 106 valence electrons. The molecular formula is C13H19BrN2O2S. The van der Waals surface area contributed by atoms with Crippen molar-refractivity contribution in [2.75, 3.05) is 6.54 Å². The van der Waals surface area contributed by atoms with E-state index in [1.807, 2.05) is 6.07 Å². The fourth-order valence-corrected chi connectivity index (χ4v) is 4.13. The van der Waals surface area contributed by atoms with Crippen molar-refractivity contribution in [2.45, 2.75) is 31.7 Å². The molecule has 1 aliphatic rings. The molecule has 0 radical (unpaired) electrons. The maximum atomic E-state index is 12.3. The van der Waals surface area contributed by atoms with Crippen LogP contribution in [0.5, 0.6) is 0 Å². The highest BCUT2D eigenvalue weighted by atomic mass is 79.9. The van der Waals surface area contributed by atoms with E-state index in [9.17, 15) is 8.42 Å². The molecule has 6 heteroatoms. The van der Waals surface area contributed by atoms with Gasteiger partial charge in [0, 0.05) is 17.6 Å². The van der Waals surface area contributed by atoms with Gasteiger partial charge in [-0.15, -0.1) is 0 Å². The van der Waals surface area contributed by atoms with Gasteiger partial charge in [0.2, 0.25) is 10.0 Å². The van der Waals surface area contributed by atoms with Crippen molar-refractivity contribution < 1.29 is 8.42 Å². The molecule has 4 nitrogen and oxygen atoms in total. The van der Waals surface area contributed by atoms with Gasteiger partial charge in [-0.05, 0) is 48.4 Å². The molecule has 0 bridgehead atoms. The van der Waals surface area contributed by atoms with Crippen LogP contribution in [0.15, 0.2) is 21.5 Å². The van der Waals surface area contributed by atoms with Crippen molar-refractivity contribution in [3.05, 3.63) is 27.7 Å². The highest BCUT2D eigenvalue weighted by molar-refractivity contribution is 9.10. The average Bonchev–Trinajstić information content (AvgIpc) is 3.06. The summed E-state index contributed by atoms with van der Waals surface area (Å²) in [6.07, 6.45) is 1.11. The van der Waals surface area contributed by atoms with Crippen LogP contribution in [0.25, 0.3) is 0 Å². The maximum Gasteiger partial charge on any atom is 0.240 e. The zero-order valence-electron chi connectivity index (χ0n) is 11.1. The van der Waals surface area contributed by atoms with Gasteiger partial charge in [-0.25, -0.2) is 13.1 Å². The van der Waals surface area contributed by atoms with Crippen molar-refractivity contribution in [3.8, 4) is 0 Å². The molecule has 1 aromatic carbocycles. The molecule has 1 aliphatic carbocycles. The normalized spacial score (nSPS) is 22.5. The molecule has 0 saturated heterocycles. The van der Waals surface area contributed by atoms with E-state index in [-0.39, 0.29) is 0 Å². The monoisotopic (exact) mass is 346 g/mol. The molecular weight excluding hydrogens is 328 g/mol. The van der Waals surface area contributed by atoms with E-state index in [4.69, 9.17) is 5.73 Å². The van der Waals surface area contributed by atoms with Crippen LogP contribution in [-0.4, -0.2) is 15.0 Å². The standard InChI is InChI=1S/C13H19BrN2O2S/c1-8-3-11(8)7-16-19(17,18)13-5-10(6-15)4-12(14)9(13)2/h4-5,8,11,16H,3,6-7,15H2,1-2H3. The Bertz CT molecular complexity index is 587. The molecule has 0 aliphatic heterocycles. The first kappa shape index (κ1) is 15.0. The summed E-state index contributed by atoms with van der Waals surface area (Å²) in [6.45, 7) is 4.77. The second-order valence-corrected chi connectivity index (χ2v) is 7.82. The van der Waals surface area contributed by atoms with Crippen LogP contribution >= 0.6 is 15.9 Å². The van der Waals surface area contributed by atoms with Crippen LogP contribution in [0.1, 0.15) is 24.5 Å². The molecule has 2 atom stereocenters.